The maximum Gasteiger partial charge on any atom is 0.122 e. The van der Waals surface area contributed by atoms with Crippen molar-refractivity contribution in [3.8, 4) is 5.75 Å². The van der Waals surface area contributed by atoms with Crippen molar-refractivity contribution in [3.05, 3.63) is 76.4 Å². The summed E-state index contributed by atoms with van der Waals surface area (Å²) in [5, 5.41) is 5.41. The van der Waals surface area contributed by atoms with Crippen LogP contribution in [-0.4, -0.2) is 0 Å². The van der Waals surface area contributed by atoms with Crippen LogP contribution in [0.25, 0.3) is 0 Å². The fourth-order valence-corrected chi connectivity index (χ4v) is 2.61. The Bertz CT molecular complexity index is 630. The molecule has 0 aliphatic rings. The zero-order valence-electron chi connectivity index (χ0n) is 11.6. The number of furan rings is 1. The summed E-state index contributed by atoms with van der Waals surface area (Å²) in [5.74, 6) is 1.85. The molecule has 1 aromatic carbocycles. The van der Waals surface area contributed by atoms with Crippen molar-refractivity contribution in [1.82, 2.24) is 5.32 Å². The molecule has 0 saturated heterocycles. The molecule has 0 bridgehead atoms. The van der Waals surface area contributed by atoms with E-state index in [9.17, 15) is 0 Å². The minimum Gasteiger partial charge on any atom is -0.488 e. The van der Waals surface area contributed by atoms with Crippen LogP contribution in [0, 0.1) is 0 Å². The lowest BCUT2D eigenvalue weighted by molar-refractivity contribution is 0.309. The number of ether oxygens (including phenoxy) is 1. The number of hydrogen-bond acceptors (Lipinski definition) is 4. The Morgan fingerprint density at radius 1 is 1.00 bits per heavy atom. The number of rotatable bonds is 7. The summed E-state index contributed by atoms with van der Waals surface area (Å²) in [5.41, 5.74) is 1.23. The topological polar surface area (TPSA) is 34.4 Å². The van der Waals surface area contributed by atoms with Crippen molar-refractivity contribution in [3.63, 3.8) is 0 Å². The lowest BCUT2D eigenvalue weighted by Crippen LogP contribution is -2.11. The van der Waals surface area contributed by atoms with E-state index in [-0.39, 0.29) is 0 Å². The Morgan fingerprint density at radius 2 is 1.90 bits per heavy atom. The first-order valence-corrected chi connectivity index (χ1v) is 7.75. The minimum absolute atomic E-state index is 0.633. The summed E-state index contributed by atoms with van der Waals surface area (Å²) in [7, 11) is 0. The van der Waals surface area contributed by atoms with Crippen LogP contribution >= 0.6 is 11.3 Å². The first kappa shape index (κ1) is 13.9. The van der Waals surface area contributed by atoms with Crippen LogP contribution in [0.5, 0.6) is 5.75 Å². The largest absolute Gasteiger partial charge is 0.488 e. The SMILES string of the molecule is c1coc(CNCc2ccc(OCc3cccs3)cc2)c1. The minimum atomic E-state index is 0.633. The molecule has 3 aromatic rings. The van der Waals surface area contributed by atoms with Crippen molar-refractivity contribution in [1.29, 1.82) is 0 Å². The van der Waals surface area contributed by atoms with Crippen LogP contribution in [0.4, 0.5) is 0 Å². The van der Waals surface area contributed by atoms with Gasteiger partial charge in [-0.3, -0.25) is 0 Å². The quantitative estimate of drug-likeness (QED) is 0.709. The standard InChI is InChI=1S/C17H17NO2S/c1-3-16(19-9-1)12-18-11-14-5-7-15(8-6-14)20-13-17-4-2-10-21-17/h1-10,18H,11-13H2. The van der Waals surface area contributed by atoms with Crippen LogP contribution in [0.1, 0.15) is 16.2 Å². The van der Waals surface area contributed by atoms with Gasteiger partial charge >= 0.3 is 0 Å². The molecular weight excluding hydrogens is 282 g/mol. The van der Waals surface area contributed by atoms with Crippen LogP contribution in [-0.2, 0) is 19.7 Å². The zero-order valence-corrected chi connectivity index (χ0v) is 12.4. The average Bonchev–Trinajstić information content (AvgIpc) is 3.20. The summed E-state index contributed by atoms with van der Waals surface area (Å²) in [6, 6.07) is 16.2. The normalized spacial score (nSPS) is 10.7. The summed E-state index contributed by atoms with van der Waals surface area (Å²) < 4.78 is 11.0. The molecule has 0 amide bonds. The maximum atomic E-state index is 5.74. The smallest absolute Gasteiger partial charge is 0.122 e. The summed E-state index contributed by atoms with van der Waals surface area (Å²) in [4.78, 5) is 1.24. The molecule has 3 rings (SSSR count). The van der Waals surface area contributed by atoms with E-state index in [0.29, 0.717) is 6.61 Å². The number of nitrogens with one attached hydrogen (secondary N) is 1. The van der Waals surface area contributed by atoms with E-state index in [4.69, 9.17) is 9.15 Å². The van der Waals surface area contributed by atoms with E-state index < -0.39 is 0 Å². The molecule has 0 radical (unpaired) electrons. The molecule has 0 aliphatic carbocycles. The molecule has 2 aromatic heterocycles. The molecule has 0 saturated carbocycles. The monoisotopic (exact) mass is 299 g/mol. The number of benzene rings is 1. The van der Waals surface area contributed by atoms with Crippen molar-refractivity contribution in [2.45, 2.75) is 19.7 Å². The first-order chi connectivity index (χ1) is 10.4. The fourth-order valence-electron chi connectivity index (χ4n) is 2.00. The molecule has 0 unspecified atom stereocenters. The second-order valence-electron chi connectivity index (χ2n) is 4.69. The molecule has 4 heteroatoms. The number of thiophene rings is 1. The Hall–Kier alpha value is -2.04. The Labute approximate surface area is 128 Å². The van der Waals surface area contributed by atoms with Gasteiger partial charge in [0.2, 0.25) is 0 Å². The van der Waals surface area contributed by atoms with Crippen molar-refractivity contribution < 1.29 is 9.15 Å². The maximum absolute atomic E-state index is 5.74. The van der Waals surface area contributed by atoms with Crippen molar-refractivity contribution >= 4 is 11.3 Å². The van der Waals surface area contributed by atoms with E-state index in [1.165, 1.54) is 10.4 Å². The van der Waals surface area contributed by atoms with E-state index in [0.717, 1.165) is 24.6 Å². The van der Waals surface area contributed by atoms with Crippen LogP contribution in [0.3, 0.4) is 0 Å². The Balaban J connectivity index is 1.45. The molecule has 2 heterocycles. The van der Waals surface area contributed by atoms with E-state index in [2.05, 4.69) is 28.9 Å². The fraction of sp³-hybridized carbons (Fsp3) is 0.176. The Kier molecular flexibility index (Phi) is 4.71. The molecule has 21 heavy (non-hydrogen) atoms. The summed E-state index contributed by atoms with van der Waals surface area (Å²) in [6.45, 7) is 2.18. The van der Waals surface area contributed by atoms with Gasteiger partial charge in [-0.05, 0) is 41.3 Å². The predicted octanol–water partition coefficient (Wildman–Crippen LogP) is 4.21. The van der Waals surface area contributed by atoms with Gasteiger partial charge in [0.25, 0.3) is 0 Å². The third-order valence-corrected chi connectivity index (χ3v) is 3.94. The second kappa shape index (κ2) is 7.11. The molecule has 1 N–H and O–H groups in total. The Morgan fingerprint density at radius 3 is 2.62 bits per heavy atom. The number of hydrogen-bond donors (Lipinski definition) is 1. The average molecular weight is 299 g/mol. The van der Waals surface area contributed by atoms with Crippen molar-refractivity contribution in [2.75, 3.05) is 0 Å². The molecule has 108 valence electrons. The van der Waals surface area contributed by atoms with Gasteiger partial charge in [0.15, 0.2) is 0 Å². The molecule has 0 atom stereocenters. The van der Waals surface area contributed by atoms with Gasteiger partial charge in [0, 0.05) is 11.4 Å². The van der Waals surface area contributed by atoms with Gasteiger partial charge in [-0.25, -0.2) is 0 Å². The highest BCUT2D eigenvalue weighted by Gasteiger charge is 1.99. The van der Waals surface area contributed by atoms with Gasteiger partial charge < -0.3 is 14.5 Å². The summed E-state index contributed by atoms with van der Waals surface area (Å²) >= 11 is 1.71. The lowest BCUT2D eigenvalue weighted by Gasteiger charge is -2.07. The van der Waals surface area contributed by atoms with Gasteiger partial charge in [-0.15, -0.1) is 11.3 Å². The van der Waals surface area contributed by atoms with E-state index in [1.807, 2.05) is 30.3 Å². The summed E-state index contributed by atoms with van der Waals surface area (Å²) in [6.07, 6.45) is 1.69. The van der Waals surface area contributed by atoms with Gasteiger partial charge in [-0.1, -0.05) is 18.2 Å². The zero-order chi connectivity index (χ0) is 14.3. The van der Waals surface area contributed by atoms with Gasteiger partial charge in [0.05, 0.1) is 12.8 Å². The molecule has 3 nitrogen and oxygen atoms in total. The van der Waals surface area contributed by atoms with Gasteiger partial charge in [-0.2, -0.15) is 0 Å². The van der Waals surface area contributed by atoms with Crippen LogP contribution < -0.4 is 10.1 Å². The van der Waals surface area contributed by atoms with E-state index in [1.54, 1.807) is 17.6 Å². The highest BCUT2D eigenvalue weighted by atomic mass is 32.1. The third-order valence-electron chi connectivity index (χ3n) is 3.09. The third kappa shape index (κ3) is 4.21. The van der Waals surface area contributed by atoms with E-state index >= 15 is 0 Å². The lowest BCUT2D eigenvalue weighted by atomic mass is 10.2. The van der Waals surface area contributed by atoms with Crippen LogP contribution in [0.2, 0.25) is 0 Å². The highest BCUT2D eigenvalue weighted by Crippen LogP contribution is 2.16. The molecule has 0 fully saturated rings. The molecule has 0 aliphatic heterocycles. The van der Waals surface area contributed by atoms with Crippen LogP contribution in [0.15, 0.2) is 64.6 Å². The second-order valence-corrected chi connectivity index (χ2v) is 5.73. The first-order valence-electron chi connectivity index (χ1n) is 6.87. The molecular formula is C17H17NO2S. The van der Waals surface area contributed by atoms with Gasteiger partial charge in [0.1, 0.15) is 18.1 Å². The molecule has 0 spiro atoms. The predicted molar refractivity (Wildman–Crippen MR) is 84.3 cm³/mol. The highest BCUT2D eigenvalue weighted by molar-refractivity contribution is 7.09. The van der Waals surface area contributed by atoms with Crippen molar-refractivity contribution in [2.24, 2.45) is 0 Å².